The molecule has 12 unspecified atom stereocenters. The number of hydrogen-bond acceptors (Lipinski definition) is 13. The normalized spacial score (nSPS) is 22.6. The molecule has 0 aromatic carbocycles. The molecule has 560 valence electrons. The second-order valence-corrected chi connectivity index (χ2v) is 28.2. The van der Waals surface area contributed by atoms with Gasteiger partial charge in [-0.2, -0.15) is 0 Å². The maximum absolute atomic E-state index is 13.4. The highest BCUT2D eigenvalue weighted by Gasteiger charge is 2.51. The summed E-state index contributed by atoms with van der Waals surface area (Å²) in [6, 6.07) is -0.833. The average Bonchev–Trinajstić information content (AvgIpc) is 0.797. The molecule has 9 N–H and O–H groups in total. The molecule has 0 aromatic heterocycles. The van der Waals surface area contributed by atoms with Crippen molar-refractivity contribution >= 4 is 5.91 Å². The Labute approximate surface area is 587 Å². The van der Waals surface area contributed by atoms with Crippen LogP contribution in [0.25, 0.3) is 0 Å². The molecular formula is C82H149NO13. The van der Waals surface area contributed by atoms with Crippen LogP contribution in [-0.4, -0.2) is 140 Å². The average molecular weight is 1360 g/mol. The number of carbonyl (C=O) groups excluding carboxylic acids is 1. The molecule has 2 saturated heterocycles. The highest BCUT2D eigenvalue weighted by molar-refractivity contribution is 5.76. The van der Waals surface area contributed by atoms with E-state index in [1.165, 1.54) is 231 Å². The van der Waals surface area contributed by atoms with Crippen LogP contribution >= 0.6 is 0 Å². The first-order chi connectivity index (χ1) is 47.1. The van der Waals surface area contributed by atoms with Crippen LogP contribution in [0.4, 0.5) is 0 Å². The maximum Gasteiger partial charge on any atom is 0.220 e. The number of amides is 1. The van der Waals surface area contributed by atoms with Gasteiger partial charge in [0, 0.05) is 6.42 Å². The Morgan fingerprint density at radius 3 is 1.10 bits per heavy atom. The van der Waals surface area contributed by atoms with E-state index in [-0.39, 0.29) is 12.5 Å². The van der Waals surface area contributed by atoms with Crippen molar-refractivity contribution < 1.29 is 64.6 Å². The van der Waals surface area contributed by atoms with E-state index in [9.17, 15) is 45.6 Å². The molecule has 1 amide bonds. The van der Waals surface area contributed by atoms with Gasteiger partial charge in [0.1, 0.15) is 48.8 Å². The summed E-state index contributed by atoms with van der Waals surface area (Å²) in [4.78, 5) is 13.4. The molecular weight excluding hydrogens is 1210 g/mol. The van der Waals surface area contributed by atoms with Gasteiger partial charge in [-0.3, -0.25) is 4.79 Å². The number of unbranched alkanes of at least 4 members (excludes halogenated alkanes) is 42. The fourth-order valence-corrected chi connectivity index (χ4v) is 13.1. The lowest BCUT2D eigenvalue weighted by atomic mass is 9.97. The summed E-state index contributed by atoms with van der Waals surface area (Å²) in [6.45, 7) is 2.80. The molecule has 2 rings (SSSR count). The third kappa shape index (κ3) is 48.3. The number of nitrogens with one attached hydrogen (secondary N) is 1. The number of carbonyl (C=O) groups is 1. The topological polar surface area (TPSA) is 228 Å². The molecule has 2 fully saturated rings. The zero-order valence-corrected chi connectivity index (χ0v) is 61.4. The lowest BCUT2D eigenvalue weighted by Gasteiger charge is -2.46. The van der Waals surface area contributed by atoms with E-state index in [2.05, 4.69) is 92.1 Å². The van der Waals surface area contributed by atoms with Crippen molar-refractivity contribution in [1.29, 1.82) is 0 Å². The van der Waals surface area contributed by atoms with Crippen LogP contribution in [0.5, 0.6) is 0 Å². The summed E-state index contributed by atoms with van der Waals surface area (Å²) >= 11 is 0. The zero-order chi connectivity index (χ0) is 69.4. The molecule has 2 aliphatic heterocycles. The van der Waals surface area contributed by atoms with Crippen molar-refractivity contribution in [1.82, 2.24) is 5.32 Å². The van der Waals surface area contributed by atoms with E-state index in [1.807, 2.05) is 0 Å². The van der Waals surface area contributed by atoms with Gasteiger partial charge in [-0.1, -0.05) is 350 Å². The second-order valence-electron chi connectivity index (χ2n) is 28.2. The molecule has 0 bridgehead atoms. The molecule has 96 heavy (non-hydrogen) atoms. The van der Waals surface area contributed by atoms with Crippen LogP contribution in [0.15, 0.2) is 72.9 Å². The van der Waals surface area contributed by atoms with Gasteiger partial charge in [0.15, 0.2) is 12.6 Å². The van der Waals surface area contributed by atoms with Gasteiger partial charge in [0.25, 0.3) is 0 Å². The van der Waals surface area contributed by atoms with Gasteiger partial charge < -0.3 is 65.1 Å². The Kier molecular flexibility index (Phi) is 61.3. The summed E-state index contributed by atoms with van der Waals surface area (Å²) < 4.78 is 23.0. The molecule has 0 spiro atoms. The van der Waals surface area contributed by atoms with E-state index in [1.54, 1.807) is 0 Å². The van der Waals surface area contributed by atoms with Crippen LogP contribution < -0.4 is 5.32 Å². The van der Waals surface area contributed by atoms with E-state index in [0.717, 1.165) is 89.9 Å². The lowest BCUT2D eigenvalue weighted by molar-refractivity contribution is -0.359. The Morgan fingerprint density at radius 2 is 0.719 bits per heavy atom. The minimum atomic E-state index is -1.79. The van der Waals surface area contributed by atoms with Crippen molar-refractivity contribution in [2.75, 3.05) is 19.8 Å². The molecule has 12 atom stereocenters. The largest absolute Gasteiger partial charge is 0.394 e. The highest BCUT2D eigenvalue weighted by Crippen LogP contribution is 2.30. The number of rotatable bonds is 67. The zero-order valence-electron chi connectivity index (χ0n) is 61.4. The lowest BCUT2D eigenvalue weighted by Crippen LogP contribution is -2.65. The molecule has 14 heteroatoms. The fourth-order valence-electron chi connectivity index (χ4n) is 13.1. The predicted molar refractivity (Wildman–Crippen MR) is 397 cm³/mol. The van der Waals surface area contributed by atoms with Crippen LogP contribution in [0.1, 0.15) is 348 Å². The first kappa shape index (κ1) is 89.5. The molecule has 14 nitrogen and oxygen atoms in total. The van der Waals surface area contributed by atoms with Crippen LogP contribution in [-0.2, 0) is 23.7 Å². The van der Waals surface area contributed by atoms with Crippen molar-refractivity contribution in [2.24, 2.45) is 0 Å². The van der Waals surface area contributed by atoms with Crippen molar-refractivity contribution in [3.8, 4) is 0 Å². The number of aliphatic hydroxyl groups is 8. The minimum Gasteiger partial charge on any atom is -0.394 e. The second kappa shape index (κ2) is 65.7. The molecule has 2 aliphatic rings. The standard InChI is InChI=1S/C82H149NO13/c1-3-5-7-9-11-13-15-17-19-21-23-25-27-29-31-32-33-34-35-36-37-38-40-42-44-46-48-50-52-54-56-58-60-62-64-66-74(87)83-70(69-93-81-79(92)77(90)80(73(68-85)95-81)96-82-78(91)76(89)75(88)72(67-84)94-82)71(86)65-63-61-59-57-55-53-51-49-47-45-43-41-39-30-28-26-24-22-20-18-16-14-12-10-8-6-4-2/h5,7,11,13,17,19,23,25,29,31,33-34,70-73,75-82,84-86,88-92H,3-4,6,8-10,12,14-16,18,20-22,24,26-28,30,32,35-69H2,1-2H3,(H,83,87)/b7-5-,13-11-,19-17-,25-23-,31-29-,34-33-. The van der Waals surface area contributed by atoms with Crippen LogP contribution in [0.3, 0.4) is 0 Å². The van der Waals surface area contributed by atoms with Gasteiger partial charge in [0.05, 0.1) is 32.0 Å². The number of hydrogen-bond donors (Lipinski definition) is 9. The van der Waals surface area contributed by atoms with E-state index < -0.39 is 86.8 Å². The smallest absolute Gasteiger partial charge is 0.220 e. The summed E-state index contributed by atoms with van der Waals surface area (Å²) in [7, 11) is 0. The van der Waals surface area contributed by atoms with E-state index >= 15 is 0 Å². The maximum atomic E-state index is 13.4. The van der Waals surface area contributed by atoms with E-state index in [4.69, 9.17) is 18.9 Å². The first-order valence-electron chi connectivity index (χ1n) is 40.2. The van der Waals surface area contributed by atoms with Gasteiger partial charge in [-0.25, -0.2) is 0 Å². The Hall–Kier alpha value is -2.57. The van der Waals surface area contributed by atoms with E-state index in [0.29, 0.717) is 12.8 Å². The Balaban J connectivity index is 1.60. The van der Waals surface area contributed by atoms with Gasteiger partial charge >= 0.3 is 0 Å². The molecule has 0 radical (unpaired) electrons. The molecule has 0 aromatic rings. The summed E-state index contributed by atoms with van der Waals surface area (Å²) in [5.74, 6) is -0.203. The summed E-state index contributed by atoms with van der Waals surface area (Å²) in [6.07, 6.45) is 73.6. The van der Waals surface area contributed by atoms with Gasteiger partial charge in [-0.05, 0) is 64.2 Å². The highest BCUT2D eigenvalue weighted by atomic mass is 16.7. The SMILES string of the molecule is CC/C=C\C/C=C\C/C=C\C/C=C\C/C=C\C/C=C\CCCCCCCCCCCCCCCCCCC(=O)NC(COC1OC(CO)C(OC2OC(CO)C(O)C(O)C2O)C(O)C1O)C(O)CCCCCCCCCCCCCCCCCCCCCCCCCCCCC. The van der Waals surface area contributed by atoms with Gasteiger partial charge in [-0.15, -0.1) is 0 Å². The Morgan fingerprint density at radius 1 is 0.385 bits per heavy atom. The van der Waals surface area contributed by atoms with Gasteiger partial charge in [0.2, 0.25) is 5.91 Å². The quantitative estimate of drug-likeness (QED) is 0.0204. The monoisotopic (exact) mass is 1360 g/mol. The molecule has 0 aliphatic carbocycles. The van der Waals surface area contributed by atoms with Crippen molar-refractivity contribution in [3.05, 3.63) is 72.9 Å². The minimum absolute atomic E-state index is 0.203. The molecule has 2 heterocycles. The molecule has 0 saturated carbocycles. The first-order valence-corrected chi connectivity index (χ1v) is 40.2. The van der Waals surface area contributed by atoms with Crippen molar-refractivity contribution in [3.63, 3.8) is 0 Å². The van der Waals surface area contributed by atoms with Crippen LogP contribution in [0, 0.1) is 0 Å². The number of aliphatic hydroxyl groups excluding tert-OH is 8. The summed E-state index contributed by atoms with van der Waals surface area (Å²) in [5, 5.41) is 87.9. The Bertz CT molecular complexity index is 1890. The number of allylic oxidation sites excluding steroid dienone is 12. The fraction of sp³-hybridized carbons (Fsp3) is 0.841. The summed E-state index contributed by atoms with van der Waals surface area (Å²) in [5.41, 5.74) is 0. The van der Waals surface area contributed by atoms with Crippen molar-refractivity contribution in [2.45, 2.75) is 421 Å². The van der Waals surface area contributed by atoms with Crippen LogP contribution in [0.2, 0.25) is 0 Å². The number of ether oxygens (including phenoxy) is 4. The third-order valence-corrected chi connectivity index (χ3v) is 19.4. The predicted octanol–water partition coefficient (Wildman–Crippen LogP) is 18.1. The third-order valence-electron chi connectivity index (χ3n) is 19.4.